The van der Waals surface area contributed by atoms with E-state index in [0.717, 1.165) is 35.9 Å². The Morgan fingerprint density at radius 3 is 2.88 bits per heavy atom. The summed E-state index contributed by atoms with van der Waals surface area (Å²) in [5.41, 5.74) is 1.35. The number of fused-ring (bicyclic) bond motifs is 3. The van der Waals surface area contributed by atoms with Crippen LogP contribution in [0.2, 0.25) is 0 Å². The van der Waals surface area contributed by atoms with Gasteiger partial charge in [-0.15, -0.1) is 11.3 Å². The number of thiophene rings is 1. The maximum Gasteiger partial charge on any atom is 0.258 e. The van der Waals surface area contributed by atoms with Crippen molar-refractivity contribution in [3.8, 4) is 5.88 Å². The molecule has 0 aliphatic heterocycles. The quantitative estimate of drug-likeness (QED) is 0.863. The molecule has 1 N–H and O–H groups in total. The molecular weight excluding hydrogens is 322 g/mol. The van der Waals surface area contributed by atoms with Crippen molar-refractivity contribution in [1.82, 2.24) is 15.3 Å². The zero-order valence-corrected chi connectivity index (χ0v) is 14.7. The Labute approximate surface area is 145 Å². The van der Waals surface area contributed by atoms with Gasteiger partial charge in [0.1, 0.15) is 11.2 Å². The highest BCUT2D eigenvalue weighted by atomic mass is 32.1. The number of aromatic nitrogens is 2. The van der Waals surface area contributed by atoms with Crippen molar-refractivity contribution in [3.63, 3.8) is 0 Å². The minimum atomic E-state index is -0.0463. The lowest BCUT2D eigenvalue weighted by Crippen LogP contribution is -2.36. The van der Waals surface area contributed by atoms with Gasteiger partial charge in [0.05, 0.1) is 5.39 Å². The first-order chi connectivity index (χ1) is 11.8. The summed E-state index contributed by atoms with van der Waals surface area (Å²) < 4.78 is 5.80. The molecule has 5 nitrogen and oxygen atoms in total. The van der Waals surface area contributed by atoms with Gasteiger partial charge >= 0.3 is 0 Å². The van der Waals surface area contributed by atoms with Gasteiger partial charge in [0.2, 0.25) is 5.88 Å². The average molecular weight is 345 g/mol. The molecule has 1 amide bonds. The number of aryl methyl sites for hydroxylation is 2. The molecule has 0 radical (unpaired) electrons. The Bertz CT molecular complexity index is 737. The second-order valence-electron chi connectivity index (χ2n) is 6.76. The van der Waals surface area contributed by atoms with E-state index in [0.29, 0.717) is 11.9 Å². The summed E-state index contributed by atoms with van der Waals surface area (Å²) in [6, 6.07) is 0.323. The van der Waals surface area contributed by atoms with Crippen molar-refractivity contribution >= 4 is 27.5 Å². The third kappa shape index (κ3) is 3.24. The van der Waals surface area contributed by atoms with Crippen LogP contribution in [-0.2, 0) is 17.6 Å². The van der Waals surface area contributed by atoms with Gasteiger partial charge in [-0.1, -0.05) is 19.3 Å². The lowest BCUT2D eigenvalue weighted by atomic mass is 10.1. The molecule has 0 atom stereocenters. The largest absolute Gasteiger partial charge is 0.467 e. The molecule has 2 aliphatic rings. The molecular formula is C18H23N3O2S. The summed E-state index contributed by atoms with van der Waals surface area (Å²) in [7, 11) is 0. The highest BCUT2D eigenvalue weighted by Gasteiger charge is 2.21. The van der Waals surface area contributed by atoms with Gasteiger partial charge in [0.25, 0.3) is 5.91 Å². The molecule has 2 aromatic rings. The van der Waals surface area contributed by atoms with E-state index < -0.39 is 0 Å². The summed E-state index contributed by atoms with van der Waals surface area (Å²) in [5.74, 6) is 0.524. The number of nitrogens with zero attached hydrogens (tertiary/aromatic N) is 2. The Hall–Kier alpha value is -1.69. The van der Waals surface area contributed by atoms with Crippen LogP contribution in [0.4, 0.5) is 0 Å². The maximum atomic E-state index is 12.1. The molecule has 2 heterocycles. The predicted molar refractivity (Wildman–Crippen MR) is 94.6 cm³/mol. The van der Waals surface area contributed by atoms with E-state index in [4.69, 9.17) is 4.74 Å². The fourth-order valence-corrected chi connectivity index (χ4v) is 5.04. The highest BCUT2D eigenvalue weighted by molar-refractivity contribution is 7.18. The fourth-order valence-electron chi connectivity index (χ4n) is 3.82. The van der Waals surface area contributed by atoms with Crippen LogP contribution in [-0.4, -0.2) is 28.5 Å². The van der Waals surface area contributed by atoms with E-state index in [2.05, 4.69) is 15.3 Å². The second kappa shape index (κ2) is 7.05. The number of hydrogen-bond acceptors (Lipinski definition) is 5. The van der Waals surface area contributed by atoms with Gasteiger partial charge in [-0.25, -0.2) is 9.97 Å². The average Bonchev–Trinajstić information content (AvgIpc) is 3.15. The van der Waals surface area contributed by atoms with Crippen LogP contribution in [0.3, 0.4) is 0 Å². The third-order valence-corrected chi connectivity index (χ3v) is 6.23. The minimum Gasteiger partial charge on any atom is -0.467 e. The van der Waals surface area contributed by atoms with E-state index >= 15 is 0 Å². The number of amides is 1. The lowest BCUT2D eigenvalue weighted by Gasteiger charge is -2.12. The Morgan fingerprint density at radius 1 is 1.17 bits per heavy atom. The second-order valence-corrected chi connectivity index (χ2v) is 7.84. The van der Waals surface area contributed by atoms with Crippen LogP contribution in [0, 0.1) is 0 Å². The molecule has 24 heavy (non-hydrogen) atoms. The molecule has 0 bridgehead atoms. The molecule has 6 heteroatoms. The van der Waals surface area contributed by atoms with Crippen molar-refractivity contribution in [2.24, 2.45) is 0 Å². The number of carbonyl (C=O) groups is 1. The minimum absolute atomic E-state index is 0.0350. The Balaban J connectivity index is 1.51. The predicted octanol–water partition coefficient (Wildman–Crippen LogP) is 3.40. The SMILES string of the molecule is O=C(COc1ncnc2sc3c(c12)CCCCC3)NC1CCCC1. The number of carbonyl (C=O) groups excluding carboxylic acids is 1. The molecule has 0 unspecified atom stereocenters. The molecule has 0 aromatic carbocycles. The van der Waals surface area contributed by atoms with Crippen LogP contribution in [0.1, 0.15) is 55.4 Å². The normalized spacial score (nSPS) is 18.3. The molecule has 128 valence electrons. The van der Waals surface area contributed by atoms with E-state index in [1.54, 1.807) is 17.7 Å². The van der Waals surface area contributed by atoms with Gasteiger partial charge in [-0.05, 0) is 44.1 Å². The monoisotopic (exact) mass is 345 g/mol. The summed E-state index contributed by atoms with van der Waals surface area (Å²) in [5, 5.41) is 4.09. The van der Waals surface area contributed by atoms with E-state index in [1.165, 1.54) is 42.5 Å². The van der Waals surface area contributed by atoms with Crippen molar-refractivity contribution in [2.45, 2.75) is 63.8 Å². The fraction of sp³-hybridized carbons (Fsp3) is 0.611. The van der Waals surface area contributed by atoms with Crippen LogP contribution < -0.4 is 10.1 Å². The first kappa shape index (κ1) is 15.8. The molecule has 1 fully saturated rings. The molecule has 1 saturated carbocycles. The Kier molecular flexibility index (Phi) is 4.65. The van der Waals surface area contributed by atoms with Crippen LogP contribution in [0.25, 0.3) is 10.2 Å². The van der Waals surface area contributed by atoms with Gasteiger partial charge in [-0.2, -0.15) is 0 Å². The van der Waals surface area contributed by atoms with Crippen molar-refractivity contribution in [2.75, 3.05) is 6.61 Å². The highest BCUT2D eigenvalue weighted by Crippen LogP contribution is 2.38. The standard InChI is InChI=1S/C18H23N3O2S/c22-15(21-12-6-4-5-7-12)10-23-17-16-13-8-2-1-3-9-14(13)24-18(16)20-11-19-17/h11-12H,1-10H2,(H,21,22). The lowest BCUT2D eigenvalue weighted by molar-refractivity contribution is -0.123. The van der Waals surface area contributed by atoms with Crippen molar-refractivity contribution in [3.05, 3.63) is 16.8 Å². The third-order valence-electron chi connectivity index (χ3n) is 5.03. The summed E-state index contributed by atoms with van der Waals surface area (Å²) in [4.78, 5) is 23.3. The molecule has 2 aromatic heterocycles. The summed E-state index contributed by atoms with van der Waals surface area (Å²) in [6.45, 7) is 0.0350. The van der Waals surface area contributed by atoms with Gasteiger partial charge in [0.15, 0.2) is 6.61 Å². The number of rotatable bonds is 4. The van der Waals surface area contributed by atoms with Crippen molar-refractivity contribution in [1.29, 1.82) is 0 Å². The molecule has 0 spiro atoms. The maximum absolute atomic E-state index is 12.1. The van der Waals surface area contributed by atoms with E-state index in [9.17, 15) is 4.79 Å². The van der Waals surface area contributed by atoms with Gasteiger partial charge in [-0.3, -0.25) is 4.79 Å². The van der Waals surface area contributed by atoms with E-state index in [-0.39, 0.29) is 12.5 Å². The molecule has 4 rings (SSSR count). The zero-order valence-electron chi connectivity index (χ0n) is 13.8. The summed E-state index contributed by atoms with van der Waals surface area (Å²) in [6.07, 6.45) is 12.0. The van der Waals surface area contributed by atoms with Crippen LogP contribution >= 0.6 is 11.3 Å². The topological polar surface area (TPSA) is 64.1 Å². The first-order valence-corrected chi connectivity index (χ1v) is 9.80. The smallest absolute Gasteiger partial charge is 0.258 e. The number of ether oxygens (including phenoxy) is 1. The van der Waals surface area contributed by atoms with Gasteiger partial charge in [0, 0.05) is 10.9 Å². The molecule has 0 saturated heterocycles. The Morgan fingerprint density at radius 2 is 2.00 bits per heavy atom. The van der Waals surface area contributed by atoms with Crippen LogP contribution in [0.15, 0.2) is 6.33 Å². The zero-order chi connectivity index (χ0) is 16.4. The van der Waals surface area contributed by atoms with Crippen LogP contribution in [0.5, 0.6) is 5.88 Å². The van der Waals surface area contributed by atoms with Gasteiger partial charge < -0.3 is 10.1 Å². The van der Waals surface area contributed by atoms with Crippen molar-refractivity contribution < 1.29 is 9.53 Å². The number of hydrogen-bond donors (Lipinski definition) is 1. The van der Waals surface area contributed by atoms with E-state index in [1.807, 2.05) is 0 Å². The molecule has 2 aliphatic carbocycles. The number of nitrogens with one attached hydrogen (secondary N) is 1. The first-order valence-electron chi connectivity index (χ1n) is 8.98. The summed E-state index contributed by atoms with van der Waals surface area (Å²) >= 11 is 1.76.